The molecule has 1 saturated heterocycles. The quantitative estimate of drug-likeness (QED) is 0.640. The van der Waals surface area contributed by atoms with Gasteiger partial charge in [-0.25, -0.2) is 4.79 Å². The number of nitrogens with zero attached hydrogens (tertiary/aromatic N) is 2. The molecule has 0 aromatic carbocycles. The van der Waals surface area contributed by atoms with Crippen LogP contribution in [-0.2, 0) is 9.53 Å². The lowest BCUT2D eigenvalue weighted by Gasteiger charge is -2.29. The minimum absolute atomic E-state index is 0.332. The van der Waals surface area contributed by atoms with Crippen LogP contribution in [0.25, 0.3) is 0 Å². The van der Waals surface area contributed by atoms with Gasteiger partial charge in [0, 0.05) is 33.4 Å². The Hall–Kier alpha value is -1.23. The van der Waals surface area contributed by atoms with Crippen molar-refractivity contribution in [2.45, 2.75) is 0 Å². The van der Waals surface area contributed by atoms with Gasteiger partial charge < -0.3 is 19.6 Å². The summed E-state index contributed by atoms with van der Waals surface area (Å²) in [5.41, 5.74) is 0.332. The molecule has 0 radical (unpaired) electrons. The van der Waals surface area contributed by atoms with Gasteiger partial charge in [0.25, 0.3) is 0 Å². The first-order chi connectivity index (χ1) is 6.61. The summed E-state index contributed by atoms with van der Waals surface area (Å²) >= 11 is 0. The number of morpholine rings is 1. The van der Waals surface area contributed by atoms with E-state index in [1.54, 1.807) is 11.1 Å². The van der Waals surface area contributed by atoms with E-state index in [0.717, 1.165) is 0 Å². The molecule has 1 N–H and O–H groups in total. The highest BCUT2D eigenvalue weighted by molar-refractivity contribution is 5.85. The average Bonchev–Trinajstić information content (AvgIpc) is 2.15. The van der Waals surface area contributed by atoms with E-state index < -0.39 is 5.97 Å². The Morgan fingerprint density at radius 1 is 1.43 bits per heavy atom. The Morgan fingerprint density at radius 2 is 2.00 bits per heavy atom. The number of carboxylic acids is 1. The third-order valence-corrected chi connectivity index (χ3v) is 1.95. The summed E-state index contributed by atoms with van der Waals surface area (Å²) in [5.74, 6) is -0.888. The highest BCUT2D eigenvalue weighted by Crippen LogP contribution is 2.08. The number of ether oxygens (including phenoxy) is 1. The summed E-state index contributed by atoms with van der Waals surface area (Å²) in [5, 5.41) is 9.00. The number of hydrogen-bond acceptors (Lipinski definition) is 4. The smallest absolute Gasteiger partial charge is 0.353 e. The zero-order chi connectivity index (χ0) is 10.6. The molecule has 0 aromatic rings. The monoisotopic (exact) mass is 200 g/mol. The Labute approximate surface area is 83.6 Å². The average molecular weight is 200 g/mol. The largest absolute Gasteiger partial charge is 0.477 e. The van der Waals surface area contributed by atoms with Gasteiger partial charge >= 0.3 is 5.97 Å². The van der Waals surface area contributed by atoms with E-state index in [4.69, 9.17) is 9.84 Å². The molecule has 0 unspecified atom stereocenters. The van der Waals surface area contributed by atoms with Gasteiger partial charge in [0.05, 0.1) is 13.2 Å². The molecule has 5 nitrogen and oxygen atoms in total. The lowest BCUT2D eigenvalue weighted by molar-refractivity contribution is -0.135. The zero-order valence-electron chi connectivity index (χ0n) is 8.56. The predicted octanol–water partition coefficient (Wildman–Crippen LogP) is -0.194. The molecule has 0 aliphatic carbocycles. The van der Waals surface area contributed by atoms with Crippen molar-refractivity contribution in [1.82, 2.24) is 9.80 Å². The van der Waals surface area contributed by atoms with Crippen LogP contribution >= 0.6 is 0 Å². The highest BCUT2D eigenvalue weighted by atomic mass is 16.5. The molecule has 1 heterocycles. The maximum absolute atomic E-state index is 11.0. The molecule has 80 valence electrons. The number of hydrogen-bond donors (Lipinski definition) is 1. The maximum Gasteiger partial charge on any atom is 0.353 e. The number of rotatable bonds is 3. The highest BCUT2D eigenvalue weighted by Gasteiger charge is 2.19. The number of aliphatic carboxylic acids is 1. The summed E-state index contributed by atoms with van der Waals surface area (Å²) < 4.78 is 5.16. The van der Waals surface area contributed by atoms with Crippen molar-refractivity contribution in [1.29, 1.82) is 0 Å². The van der Waals surface area contributed by atoms with Crippen molar-refractivity contribution in [3.63, 3.8) is 0 Å². The Bertz CT molecular complexity index is 232. The summed E-state index contributed by atoms with van der Waals surface area (Å²) in [6, 6.07) is 0. The molecule has 0 bridgehead atoms. The first kappa shape index (κ1) is 10.8. The van der Waals surface area contributed by atoms with E-state index in [0.29, 0.717) is 32.0 Å². The zero-order valence-corrected chi connectivity index (χ0v) is 8.56. The molecule has 5 heteroatoms. The van der Waals surface area contributed by atoms with E-state index in [2.05, 4.69) is 0 Å². The van der Waals surface area contributed by atoms with E-state index in [1.807, 2.05) is 19.0 Å². The van der Waals surface area contributed by atoms with Crippen molar-refractivity contribution in [3.8, 4) is 0 Å². The third kappa shape index (κ3) is 2.92. The van der Waals surface area contributed by atoms with Crippen LogP contribution in [0, 0.1) is 0 Å². The molecular weight excluding hydrogens is 184 g/mol. The summed E-state index contributed by atoms with van der Waals surface area (Å²) in [7, 11) is 3.62. The van der Waals surface area contributed by atoms with Crippen LogP contribution in [0.15, 0.2) is 11.9 Å². The molecule has 1 rings (SSSR count). The van der Waals surface area contributed by atoms with E-state index in [-0.39, 0.29) is 0 Å². The van der Waals surface area contributed by atoms with Gasteiger partial charge in [-0.05, 0) is 0 Å². The van der Waals surface area contributed by atoms with Gasteiger partial charge in [0.1, 0.15) is 5.70 Å². The molecule has 0 amide bonds. The minimum Gasteiger partial charge on any atom is -0.477 e. The maximum atomic E-state index is 11.0. The molecule has 14 heavy (non-hydrogen) atoms. The molecule has 1 aliphatic rings. The fraction of sp³-hybridized carbons (Fsp3) is 0.667. The van der Waals surface area contributed by atoms with Gasteiger partial charge in [-0.1, -0.05) is 0 Å². The topological polar surface area (TPSA) is 53.0 Å². The standard InChI is InChI=1S/C9H16N2O3/c1-10(2)7-8(9(12)13)11-3-5-14-6-4-11/h7H,3-6H2,1-2H3,(H,12,13). The predicted molar refractivity (Wildman–Crippen MR) is 51.8 cm³/mol. The molecular formula is C9H16N2O3. The molecule has 0 atom stereocenters. The van der Waals surface area contributed by atoms with Gasteiger partial charge in [-0.3, -0.25) is 0 Å². The summed E-state index contributed by atoms with van der Waals surface area (Å²) in [4.78, 5) is 14.5. The summed E-state index contributed by atoms with van der Waals surface area (Å²) in [6.07, 6.45) is 1.62. The fourth-order valence-electron chi connectivity index (χ4n) is 1.32. The Morgan fingerprint density at radius 3 is 2.43 bits per heavy atom. The fourth-order valence-corrected chi connectivity index (χ4v) is 1.32. The number of carboxylic acid groups (broad SMARTS) is 1. The SMILES string of the molecule is CN(C)C=C(C(=O)O)N1CCOCC1. The Balaban J connectivity index is 2.71. The van der Waals surface area contributed by atoms with Crippen LogP contribution in [0.3, 0.4) is 0 Å². The second kappa shape index (κ2) is 4.85. The lowest BCUT2D eigenvalue weighted by atomic mass is 10.3. The first-order valence-electron chi connectivity index (χ1n) is 4.55. The van der Waals surface area contributed by atoms with Crippen LogP contribution in [0.1, 0.15) is 0 Å². The van der Waals surface area contributed by atoms with E-state index in [1.165, 1.54) is 0 Å². The van der Waals surface area contributed by atoms with E-state index >= 15 is 0 Å². The van der Waals surface area contributed by atoms with Crippen molar-refractivity contribution in [3.05, 3.63) is 11.9 Å². The van der Waals surface area contributed by atoms with Gasteiger partial charge in [0.2, 0.25) is 0 Å². The van der Waals surface area contributed by atoms with Crippen LogP contribution in [0.2, 0.25) is 0 Å². The van der Waals surface area contributed by atoms with Crippen molar-refractivity contribution in [2.75, 3.05) is 40.4 Å². The van der Waals surface area contributed by atoms with Crippen LogP contribution in [-0.4, -0.2) is 61.3 Å². The lowest BCUT2D eigenvalue weighted by Crippen LogP contribution is -2.38. The number of carbonyl (C=O) groups is 1. The molecule has 1 fully saturated rings. The Kier molecular flexibility index (Phi) is 3.76. The second-order valence-electron chi connectivity index (χ2n) is 3.38. The van der Waals surface area contributed by atoms with Crippen molar-refractivity contribution >= 4 is 5.97 Å². The summed E-state index contributed by atoms with van der Waals surface area (Å²) in [6.45, 7) is 2.48. The molecule has 0 spiro atoms. The molecule has 0 saturated carbocycles. The van der Waals surface area contributed by atoms with E-state index in [9.17, 15) is 4.79 Å². The van der Waals surface area contributed by atoms with Crippen molar-refractivity contribution in [2.24, 2.45) is 0 Å². The van der Waals surface area contributed by atoms with Crippen LogP contribution in [0.4, 0.5) is 0 Å². The second-order valence-corrected chi connectivity index (χ2v) is 3.38. The van der Waals surface area contributed by atoms with Crippen LogP contribution < -0.4 is 0 Å². The van der Waals surface area contributed by atoms with Gasteiger partial charge in [-0.15, -0.1) is 0 Å². The molecule has 1 aliphatic heterocycles. The first-order valence-corrected chi connectivity index (χ1v) is 4.55. The van der Waals surface area contributed by atoms with Gasteiger partial charge in [0.15, 0.2) is 0 Å². The van der Waals surface area contributed by atoms with Crippen molar-refractivity contribution < 1.29 is 14.6 Å². The molecule has 0 aromatic heterocycles. The minimum atomic E-state index is -0.888. The third-order valence-electron chi connectivity index (χ3n) is 1.95. The van der Waals surface area contributed by atoms with Crippen LogP contribution in [0.5, 0.6) is 0 Å². The van der Waals surface area contributed by atoms with Gasteiger partial charge in [-0.2, -0.15) is 0 Å². The normalized spacial score (nSPS) is 18.1.